The van der Waals surface area contributed by atoms with Gasteiger partial charge in [0.2, 0.25) is 0 Å². The molecule has 1 aliphatic carbocycles. The molecule has 0 bridgehead atoms. The Balaban J connectivity index is 2.74. The van der Waals surface area contributed by atoms with Crippen molar-refractivity contribution in [3.05, 3.63) is 23.3 Å². The molecular weight excluding hydrogens is 108 g/mol. The quantitative estimate of drug-likeness (QED) is 0.463. The first-order valence-corrected chi connectivity index (χ1v) is 3.54. The van der Waals surface area contributed by atoms with Gasteiger partial charge in [0.25, 0.3) is 0 Å². The first kappa shape index (κ1) is 6.60. The first-order chi connectivity index (χ1) is 4.20. The van der Waals surface area contributed by atoms with Gasteiger partial charge in [-0.3, -0.25) is 0 Å². The van der Waals surface area contributed by atoms with Gasteiger partial charge in [0.15, 0.2) is 0 Å². The van der Waals surface area contributed by atoms with Gasteiger partial charge in [-0.05, 0) is 26.2 Å². The lowest BCUT2D eigenvalue weighted by Gasteiger charge is -2.15. The third-order valence-corrected chi connectivity index (χ3v) is 2.04. The molecule has 0 aromatic rings. The summed E-state index contributed by atoms with van der Waals surface area (Å²) < 4.78 is 0. The van der Waals surface area contributed by atoms with Crippen LogP contribution in [0.1, 0.15) is 27.2 Å². The van der Waals surface area contributed by atoms with E-state index in [1.807, 2.05) is 0 Å². The lowest BCUT2D eigenvalue weighted by atomic mass is 9.90. The van der Waals surface area contributed by atoms with E-state index in [1.54, 1.807) is 0 Å². The smallest absolute Gasteiger partial charge is 0.0194 e. The van der Waals surface area contributed by atoms with Crippen molar-refractivity contribution in [3.63, 3.8) is 0 Å². The molecule has 0 saturated carbocycles. The maximum atomic E-state index is 2.28. The molecule has 0 radical (unpaired) electrons. The number of rotatable bonds is 0. The average molecular weight is 122 g/mol. The van der Waals surface area contributed by atoms with Crippen LogP contribution >= 0.6 is 0 Å². The topological polar surface area (TPSA) is 0 Å². The Morgan fingerprint density at radius 1 is 1.33 bits per heavy atom. The minimum Gasteiger partial charge on any atom is -0.0727 e. The van der Waals surface area contributed by atoms with Crippen LogP contribution in [-0.2, 0) is 0 Å². The molecule has 0 spiro atoms. The van der Waals surface area contributed by atoms with Gasteiger partial charge in [-0.1, -0.05) is 30.2 Å². The van der Waals surface area contributed by atoms with Crippen LogP contribution in [0.2, 0.25) is 0 Å². The van der Waals surface area contributed by atoms with E-state index < -0.39 is 0 Å². The van der Waals surface area contributed by atoms with Gasteiger partial charge in [-0.25, -0.2) is 0 Å². The molecule has 0 aromatic heterocycles. The SMILES string of the molecule is CC1=CC=C(C)[C@@H](C)C1. The maximum Gasteiger partial charge on any atom is -0.0194 e. The van der Waals surface area contributed by atoms with Gasteiger partial charge in [0.05, 0.1) is 0 Å². The second-order valence-electron chi connectivity index (χ2n) is 3.03. The number of hydrogen-bond acceptors (Lipinski definition) is 0. The monoisotopic (exact) mass is 122 g/mol. The Bertz CT molecular complexity index is 161. The van der Waals surface area contributed by atoms with Crippen LogP contribution in [0.3, 0.4) is 0 Å². The predicted octanol–water partition coefficient (Wildman–Crippen LogP) is 2.92. The van der Waals surface area contributed by atoms with Gasteiger partial charge in [0, 0.05) is 0 Å². The Morgan fingerprint density at radius 3 is 2.44 bits per heavy atom. The third-order valence-electron chi connectivity index (χ3n) is 2.04. The fraction of sp³-hybridized carbons (Fsp3) is 0.556. The van der Waals surface area contributed by atoms with E-state index in [0.29, 0.717) is 0 Å². The highest BCUT2D eigenvalue weighted by atomic mass is 14.1. The lowest BCUT2D eigenvalue weighted by Crippen LogP contribution is -2.00. The number of hydrogen-bond donors (Lipinski definition) is 0. The van der Waals surface area contributed by atoms with E-state index in [-0.39, 0.29) is 0 Å². The summed E-state index contributed by atoms with van der Waals surface area (Å²) in [5, 5.41) is 0. The Hall–Kier alpha value is -0.520. The van der Waals surface area contributed by atoms with Crippen molar-refractivity contribution in [3.8, 4) is 0 Å². The van der Waals surface area contributed by atoms with E-state index in [4.69, 9.17) is 0 Å². The molecule has 1 atom stereocenters. The van der Waals surface area contributed by atoms with Gasteiger partial charge >= 0.3 is 0 Å². The summed E-state index contributed by atoms with van der Waals surface area (Å²) in [5.74, 6) is 0.773. The van der Waals surface area contributed by atoms with Crippen LogP contribution in [0.5, 0.6) is 0 Å². The number of allylic oxidation sites excluding steroid dienone is 4. The molecule has 0 saturated heterocycles. The van der Waals surface area contributed by atoms with Gasteiger partial charge < -0.3 is 0 Å². The normalized spacial score (nSPS) is 27.2. The van der Waals surface area contributed by atoms with Crippen molar-refractivity contribution < 1.29 is 0 Å². The molecule has 50 valence electrons. The van der Waals surface area contributed by atoms with E-state index in [9.17, 15) is 0 Å². The van der Waals surface area contributed by atoms with Crippen molar-refractivity contribution in [2.45, 2.75) is 27.2 Å². The zero-order chi connectivity index (χ0) is 6.85. The molecule has 0 heteroatoms. The summed E-state index contributed by atoms with van der Waals surface area (Å²) in [5.41, 5.74) is 3.02. The van der Waals surface area contributed by atoms with Crippen LogP contribution < -0.4 is 0 Å². The fourth-order valence-electron chi connectivity index (χ4n) is 1.15. The second kappa shape index (κ2) is 2.38. The summed E-state index contributed by atoms with van der Waals surface area (Å²) >= 11 is 0. The Labute approximate surface area is 57.3 Å². The largest absolute Gasteiger partial charge is 0.0727 e. The minimum atomic E-state index is 0.773. The summed E-state index contributed by atoms with van der Waals surface area (Å²) in [6, 6.07) is 0. The van der Waals surface area contributed by atoms with Gasteiger partial charge in [-0.2, -0.15) is 0 Å². The van der Waals surface area contributed by atoms with Gasteiger partial charge in [-0.15, -0.1) is 0 Å². The summed E-state index contributed by atoms with van der Waals surface area (Å²) in [7, 11) is 0. The molecule has 0 amide bonds. The van der Waals surface area contributed by atoms with Crippen LogP contribution in [0.25, 0.3) is 0 Å². The standard InChI is InChI=1S/C9H14/c1-7-4-5-8(2)9(3)6-7/h4-5,9H,6H2,1-3H3/t9-/m0/s1. The lowest BCUT2D eigenvalue weighted by molar-refractivity contribution is 0.662. The molecule has 0 unspecified atom stereocenters. The minimum absolute atomic E-state index is 0.773. The summed E-state index contributed by atoms with van der Waals surface area (Å²) in [6.07, 6.45) is 5.70. The Morgan fingerprint density at radius 2 is 2.00 bits per heavy atom. The molecule has 1 rings (SSSR count). The molecule has 0 heterocycles. The maximum absolute atomic E-state index is 2.28. The zero-order valence-corrected chi connectivity index (χ0v) is 6.44. The van der Waals surface area contributed by atoms with E-state index in [2.05, 4.69) is 32.9 Å². The van der Waals surface area contributed by atoms with Crippen molar-refractivity contribution in [1.29, 1.82) is 0 Å². The van der Waals surface area contributed by atoms with Crippen molar-refractivity contribution in [1.82, 2.24) is 0 Å². The van der Waals surface area contributed by atoms with E-state index in [1.165, 1.54) is 17.6 Å². The van der Waals surface area contributed by atoms with Crippen molar-refractivity contribution in [2.75, 3.05) is 0 Å². The summed E-state index contributed by atoms with van der Waals surface area (Å²) in [6.45, 7) is 6.68. The fourth-order valence-corrected chi connectivity index (χ4v) is 1.15. The molecule has 0 nitrogen and oxygen atoms in total. The molecule has 0 N–H and O–H groups in total. The van der Waals surface area contributed by atoms with Crippen LogP contribution in [0.4, 0.5) is 0 Å². The average Bonchev–Trinajstić information content (AvgIpc) is 1.80. The first-order valence-electron chi connectivity index (χ1n) is 3.54. The predicted molar refractivity (Wildman–Crippen MR) is 41.3 cm³/mol. The van der Waals surface area contributed by atoms with E-state index >= 15 is 0 Å². The molecule has 0 fully saturated rings. The van der Waals surface area contributed by atoms with Crippen molar-refractivity contribution in [2.24, 2.45) is 5.92 Å². The van der Waals surface area contributed by atoms with Crippen molar-refractivity contribution >= 4 is 0 Å². The van der Waals surface area contributed by atoms with Gasteiger partial charge in [0.1, 0.15) is 0 Å². The highest BCUT2D eigenvalue weighted by Crippen LogP contribution is 2.23. The van der Waals surface area contributed by atoms with E-state index in [0.717, 1.165) is 5.92 Å². The van der Waals surface area contributed by atoms with Crippen LogP contribution in [0, 0.1) is 5.92 Å². The third kappa shape index (κ3) is 1.44. The zero-order valence-electron chi connectivity index (χ0n) is 6.44. The molecule has 1 aliphatic rings. The summed E-state index contributed by atoms with van der Waals surface area (Å²) in [4.78, 5) is 0. The van der Waals surface area contributed by atoms with Crippen LogP contribution in [-0.4, -0.2) is 0 Å². The highest BCUT2D eigenvalue weighted by Gasteiger charge is 2.07. The van der Waals surface area contributed by atoms with Crippen LogP contribution in [0.15, 0.2) is 23.3 Å². The molecular formula is C9H14. The highest BCUT2D eigenvalue weighted by molar-refractivity contribution is 5.23. The second-order valence-corrected chi connectivity index (χ2v) is 3.03. The Kier molecular flexibility index (Phi) is 1.75. The molecule has 0 aromatic carbocycles. The molecule has 9 heavy (non-hydrogen) atoms. The molecule has 0 aliphatic heterocycles.